The Labute approximate surface area is 206 Å². The van der Waals surface area contributed by atoms with Crippen LogP contribution in [-0.4, -0.2) is 35.6 Å². The molecule has 1 aromatic heterocycles. The van der Waals surface area contributed by atoms with E-state index >= 15 is 0 Å². The van der Waals surface area contributed by atoms with Gasteiger partial charge in [-0.05, 0) is 46.3 Å². The number of halogens is 3. The van der Waals surface area contributed by atoms with E-state index in [0.717, 1.165) is 4.47 Å². The number of fused-ring (bicyclic) bond motifs is 1. The van der Waals surface area contributed by atoms with Crippen molar-refractivity contribution in [2.45, 2.75) is 26.2 Å². The molecule has 0 aliphatic carbocycles. The van der Waals surface area contributed by atoms with E-state index in [9.17, 15) is 9.59 Å². The predicted molar refractivity (Wildman–Crippen MR) is 132 cm³/mol. The highest BCUT2D eigenvalue weighted by molar-refractivity contribution is 9.10. The smallest absolute Gasteiger partial charge is 0.343 e. The highest BCUT2D eigenvalue weighted by Crippen LogP contribution is 2.32. The molecule has 0 aliphatic heterocycles. The Kier molecular flexibility index (Phi) is 7.42. The van der Waals surface area contributed by atoms with Crippen molar-refractivity contribution in [3.63, 3.8) is 0 Å². The maximum Gasteiger partial charge on any atom is 0.343 e. The fourth-order valence-electron chi connectivity index (χ4n) is 2.88. The maximum absolute atomic E-state index is 13.3. The van der Waals surface area contributed by atoms with E-state index in [2.05, 4.69) is 46.7 Å². The summed E-state index contributed by atoms with van der Waals surface area (Å²) >= 11 is 13.0. The van der Waals surface area contributed by atoms with Gasteiger partial charge in [0.2, 0.25) is 0 Å². The average molecular weight is 586 g/mol. The van der Waals surface area contributed by atoms with Gasteiger partial charge in [0.1, 0.15) is 11.6 Å². The van der Waals surface area contributed by atoms with E-state index in [1.165, 1.54) is 18.0 Å². The molecule has 0 N–H and O–H groups in total. The lowest BCUT2D eigenvalue weighted by Crippen LogP contribution is -2.29. The molecular weight excluding hydrogens is 566 g/mol. The number of methoxy groups -OCH3 is 1. The zero-order valence-corrected chi connectivity index (χ0v) is 21.7. The molecule has 0 amide bonds. The fourth-order valence-corrected chi connectivity index (χ4v) is 4.19. The zero-order chi connectivity index (χ0) is 23.6. The number of carbonyl (C=O) groups is 1. The summed E-state index contributed by atoms with van der Waals surface area (Å²) in [7, 11) is 1.27. The third-order valence-electron chi connectivity index (χ3n) is 4.39. The third-order valence-corrected chi connectivity index (χ3v) is 5.69. The number of hydrogen-bond acceptors (Lipinski definition) is 6. The lowest BCUT2D eigenvalue weighted by Gasteiger charge is -2.21. The molecule has 3 aromatic rings. The largest absolute Gasteiger partial charge is 0.480 e. The van der Waals surface area contributed by atoms with Crippen molar-refractivity contribution >= 4 is 66.5 Å². The molecule has 0 atom stereocenters. The van der Waals surface area contributed by atoms with E-state index in [1.54, 1.807) is 24.3 Å². The molecule has 0 bridgehead atoms. The summed E-state index contributed by atoms with van der Waals surface area (Å²) in [5, 5.41) is 5.29. The van der Waals surface area contributed by atoms with Gasteiger partial charge in [0.05, 0.1) is 28.7 Å². The van der Waals surface area contributed by atoms with Crippen LogP contribution in [0.3, 0.4) is 0 Å². The first kappa shape index (κ1) is 24.4. The van der Waals surface area contributed by atoms with Gasteiger partial charge in [-0.2, -0.15) is 9.78 Å². The van der Waals surface area contributed by atoms with Crippen LogP contribution in [-0.2, 0) is 14.9 Å². The van der Waals surface area contributed by atoms with Crippen LogP contribution in [0.5, 0.6) is 5.75 Å². The Morgan fingerprint density at radius 2 is 1.97 bits per heavy atom. The number of nitrogens with zero attached hydrogens (tertiary/aromatic N) is 3. The average Bonchev–Trinajstić information content (AvgIpc) is 2.71. The van der Waals surface area contributed by atoms with Crippen molar-refractivity contribution in [1.82, 2.24) is 9.66 Å². The molecule has 1 heterocycles. The van der Waals surface area contributed by atoms with Gasteiger partial charge in [0, 0.05) is 20.5 Å². The quantitative estimate of drug-likeness (QED) is 0.300. The Morgan fingerprint density at radius 1 is 1.25 bits per heavy atom. The zero-order valence-electron chi connectivity index (χ0n) is 17.8. The van der Waals surface area contributed by atoms with Crippen molar-refractivity contribution in [3.05, 3.63) is 66.0 Å². The van der Waals surface area contributed by atoms with E-state index in [4.69, 9.17) is 16.3 Å². The van der Waals surface area contributed by atoms with Gasteiger partial charge in [-0.3, -0.25) is 4.79 Å². The summed E-state index contributed by atoms with van der Waals surface area (Å²) in [6, 6.07) is 8.59. The summed E-state index contributed by atoms with van der Waals surface area (Å²) in [5.74, 6) is 0.294. The van der Waals surface area contributed by atoms with Crippen LogP contribution in [0.25, 0.3) is 10.9 Å². The Balaban J connectivity index is 2.17. The van der Waals surface area contributed by atoms with Gasteiger partial charge < -0.3 is 9.47 Å². The second kappa shape index (κ2) is 9.72. The highest BCUT2D eigenvalue weighted by Gasteiger charge is 2.23. The van der Waals surface area contributed by atoms with Crippen molar-refractivity contribution in [1.29, 1.82) is 0 Å². The minimum Gasteiger partial charge on any atom is -0.480 e. The number of benzene rings is 2. The number of rotatable bonds is 5. The molecule has 32 heavy (non-hydrogen) atoms. The minimum atomic E-state index is -0.537. The van der Waals surface area contributed by atoms with E-state index in [-0.39, 0.29) is 12.2 Å². The first-order valence-electron chi connectivity index (χ1n) is 9.47. The molecule has 10 heteroatoms. The molecule has 0 unspecified atom stereocenters. The first-order chi connectivity index (χ1) is 15.0. The van der Waals surface area contributed by atoms with Crippen molar-refractivity contribution in [2.24, 2.45) is 5.10 Å². The van der Waals surface area contributed by atoms with Crippen LogP contribution in [0.2, 0.25) is 5.02 Å². The first-order valence-corrected chi connectivity index (χ1v) is 11.4. The SMILES string of the molecule is COC(=O)COc1c(Br)cc(Cl)cc1C=Nn1c(C(C)(C)C)nc2ccc(Br)cc2c1=O. The second-order valence-electron chi connectivity index (χ2n) is 7.88. The van der Waals surface area contributed by atoms with Crippen LogP contribution in [0.15, 0.2) is 49.2 Å². The topological polar surface area (TPSA) is 82.8 Å². The Bertz CT molecular complexity index is 1280. The summed E-state index contributed by atoms with van der Waals surface area (Å²) < 4.78 is 12.8. The standard InChI is InChI=1S/C22H20Br2ClN3O4/c1-22(2,3)21-27-17-6-5-13(23)8-15(17)20(30)28(21)26-10-12-7-14(25)9-16(24)19(12)32-11-18(29)31-4/h5-10H,11H2,1-4H3. The number of aromatic nitrogens is 2. The molecular formula is C22H20Br2ClN3O4. The van der Waals surface area contributed by atoms with E-state index in [0.29, 0.717) is 37.5 Å². The maximum atomic E-state index is 13.3. The molecule has 2 aromatic carbocycles. The minimum absolute atomic E-state index is 0.295. The van der Waals surface area contributed by atoms with Gasteiger partial charge in [-0.15, -0.1) is 0 Å². The van der Waals surface area contributed by atoms with Gasteiger partial charge >= 0.3 is 5.97 Å². The van der Waals surface area contributed by atoms with Gasteiger partial charge in [0.25, 0.3) is 5.56 Å². The number of ether oxygens (including phenoxy) is 2. The van der Waals surface area contributed by atoms with Crippen molar-refractivity contribution < 1.29 is 14.3 Å². The van der Waals surface area contributed by atoms with Crippen LogP contribution in [0.4, 0.5) is 0 Å². The monoisotopic (exact) mass is 583 g/mol. The molecule has 7 nitrogen and oxygen atoms in total. The fraction of sp³-hybridized carbons (Fsp3) is 0.273. The Hall–Kier alpha value is -2.23. The summed E-state index contributed by atoms with van der Waals surface area (Å²) in [6.45, 7) is 5.56. The summed E-state index contributed by atoms with van der Waals surface area (Å²) in [6.07, 6.45) is 1.45. The predicted octanol–water partition coefficient (Wildman–Crippen LogP) is 5.31. The van der Waals surface area contributed by atoms with Gasteiger partial charge in [-0.25, -0.2) is 9.78 Å². The van der Waals surface area contributed by atoms with Gasteiger partial charge in [0.15, 0.2) is 6.61 Å². The third kappa shape index (κ3) is 5.39. The molecule has 0 saturated heterocycles. The van der Waals surface area contributed by atoms with E-state index in [1.807, 2.05) is 26.8 Å². The van der Waals surface area contributed by atoms with Crippen LogP contribution in [0.1, 0.15) is 32.2 Å². The second-order valence-corrected chi connectivity index (χ2v) is 10.1. The molecule has 168 valence electrons. The van der Waals surface area contributed by atoms with Gasteiger partial charge in [-0.1, -0.05) is 48.3 Å². The van der Waals surface area contributed by atoms with Crippen molar-refractivity contribution in [2.75, 3.05) is 13.7 Å². The van der Waals surface area contributed by atoms with Crippen LogP contribution >= 0.6 is 43.5 Å². The lowest BCUT2D eigenvalue weighted by molar-refractivity contribution is -0.142. The molecule has 0 fully saturated rings. The van der Waals surface area contributed by atoms with E-state index < -0.39 is 11.4 Å². The normalized spacial score (nSPS) is 11.8. The molecule has 0 radical (unpaired) electrons. The van der Waals surface area contributed by atoms with Crippen molar-refractivity contribution in [3.8, 4) is 5.75 Å². The molecule has 3 rings (SSSR count). The highest BCUT2D eigenvalue weighted by atomic mass is 79.9. The Morgan fingerprint density at radius 3 is 2.62 bits per heavy atom. The number of hydrogen-bond donors (Lipinski definition) is 0. The molecule has 0 spiro atoms. The van der Waals surface area contributed by atoms with Crippen LogP contribution in [0, 0.1) is 0 Å². The number of carbonyl (C=O) groups excluding carboxylic acids is 1. The number of esters is 1. The molecule has 0 saturated carbocycles. The lowest BCUT2D eigenvalue weighted by atomic mass is 9.95. The summed E-state index contributed by atoms with van der Waals surface area (Å²) in [5.41, 5.74) is 0.281. The van der Waals surface area contributed by atoms with Crippen LogP contribution < -0.4 is 10.3 Å². The summed E-state index contributed by atoms with van der Waals surface area (Å²) in [4.78, 5) is 29.5. The molecule has 0 aliphatic rings.